The van der Waals surface area contributed by atoms with Gasteiger partial charge in [0.05, 0.1) is 0 Å². The molecule has 0 unspecified atom stereocenters. The molecule has 0 N–H and O–H groups in total. The third-order valence-corrected chi connectivity index (χ3v) is 9.18. The molecular formula is C6H3Cl3I3-3. The Hall–Kier alpha value is 2.28. The standard InChI is InChI=1S/C6H3Cl3I3/c7-10-4-1-2-5(11-8)6(3-4)12-9/h1-3H/q-3. The van der Waals surface area contributed by atoms with Crippen LogP contribution in [0.5, 0.6) is 0 Å². The molecule has 0 bridgehead atoms. The summed E-state index contributed by atoms with van der Waals surface area (Å²) in [6.45, 7) is 0. The fourth-order valence-electron chi connectivity index (χ4n) is 0.628. The molecule has 0 aliphatic heterocycles. The van der Waals surface area contributed by atoms with Crippen molar-refractivity contribution in [2.45, 2.75) is 0 Å². The van der Waals surface area contributed by atoms with Crippen LogP contribution in [0.25, 0.3) is 0 Å². The van der Waals surface area contributed by atoms with Gasteiger partial charge in [0.1, 0.15) is 0 Å². The van der Waals surface area contributed by atoms with Crippen LogP contribution >= 0.6 is 26.7 Å². The Morgan fingerprint density at radius 2 is 1.50 bits per heavy atom. The summed E-state index contributed by atoms with van der Waals surface area (Å²) in [5, 5.41) is 0. The molecule has 0 aromatic heterocycles. The van der Waals surface area contributed by atoms with Gasteiger partial charge in [0.2, 0.25) is 0 Å². The third-order valence-electron chi connectivity index (χ3n) is 1.12. The molecule has 0 saturated carbocycles. The van der Waals surface area contributed by atoms with Crippen molar-refractivity contribution in [1.82, 2.24) is 0 Å². The zero-order valence-electron chi connectivity index (χ0n) is 5.50. The van der Waals surface area contributed by atoms with E-state index in [4.69, 9.17) is 26.7 Å². The van der Waals surface area contributed by atoms with E-state index in [9.17, 15) is 0 Å². The molecule has 1 rings (SSSR count). The summed E-state index contributed by atoms with van der Waals surface area (Å²) < 4.78 is 3.76. The van der Waals surface area contributed by atoms with Gasteiger partial charge in [-0.1, -0.05) is 0 Å². The average molecular weight is 562 g/mol. The van der Waals surface area contributed by atoms with Crippen molar-refractivity contribution < 1.29 is 60.2 Å². The Labute approximate surface area is 114 Å². The predicted octanol–water partition coefficient (Wildman–Crippen LogP) is -6.08. The fourth-order valence-corrected chi connectivity index (χ4v) is 8.67. The molecule has 12 heavy (non-hydrogen) atoms. The summed E-state index contributed by atoms with van der Waals surface area (Å²) in [5.74, 6) is 0. The second-order valence-corrected chi connectivity index (χ2v) is 9.44. The molecule has 1 aromatic rings. The normalized spacial score (nSPS) is 11.2. The average Bonchev–Trinajstić information content (AvgIpc) is 2.16. The number of hydrogen-bond acceptors (Lipinski definition) is 0. The maximum atomic E-state index is 5.88. The van der Waals surface area contributed by atoms with Gasteiger partial charge >= 0.3 is 116 Å². The van der Waals surface area contributed by atoms with Gasteiger partial charge in [-0.3, -0.25) is 0 Å². The third kappa shape index (κ3) is 3.45. The van der Waals surface area contributed by atoms with Crippen LogP contribution in [0.4, 0.5) is 0 Å². The van der Waals surface area contributed by atoms with Crippen LogP contribution in [0.15, 0.2) is 18.2 Å². The quantitative estimate of drug-likeness (QED) is 0.255. The van der Waals surface area contributed by atoms with Crippen molar-refractivity contribution >= 4 is 26.7 Å². The van der Waals surface area contributed by atoms with E-state index >= 15 is 0 Å². The summed E-state index contributed by atoms with van der Waals surface area (Å²) in [5.41, 5.74) is 0. The number of benzene rings is 1. The van der Waals surface area contributed by atoms with Crippen LogP contribution in [0, 0.1) is 10.7 Å². The zero-order valence-corrected chi connectivity index (χ0v) is 14.2. The first-order valence-electron chi connectivity index (χ1n) is 2.73. The first-order chi connectivity index (χ1) is 5.81. The van der Waals surface area contributed by atoms with E-state index in [1.165, 1.54) is 10.7 Å². The first-order valence-corrected chi connectivity index (χ1v) is 14.2. The van der Waals surface area contributed by atoms with Gasteiger partial charge in [0.25, 0.3) is 0 Å². The van der Waals surface area contributed by atoms with Crippen LogP contribution in [0.2, 0.25) is 0 Å². The van der Waals surface area contributed by atoms with Gasteiger partial charge in [0.15, 0.2) is 0 Å². The number of rotatable bonds is 3. The molecule has 0 aliphatic carbocycles. The van der Waals surface area contributed by atoms with Crippen molar-refractivity contribution in [3.63, 3.8) is 0 Å². The van der Waals surface area contributed by atoms with Crippen molar-refractivity contribution in [2.24, 2.45) is 0 Å². The fraction of sp³-hybridized carbons (Fsp3) is 0. The molecular weight excluding hydrogens is 559 g/mol. The van der Waals surface area contributed by atoms with Gasteiger partial charge in [-0.05, 0) is 0 Å². The summed E-state index contributed by atoms with van der Waals surface area (Å²) in [7, 11) is 17.5. The van der Waals surface area contributed by atoms with Crippen molar-refractivity contribution in [3.05, 3.63) is 28.9 Å². The van der Waals surface area contributed by atoms with E-state index in [1.807, 2.05) is 0 Å². The molecule has 0 nitrogen and oxygen atoms in total. The summed E-state index contributed by atoms with van der Waals surface area (Å²) >= 11 is -1.05. The van der Waals surface area contributed by atoms with Crippen LogP contribution in [0.3, 0.4) is 0 Å². The summed E-state index contributed by atoms with van der Waals surface area (Å²) in [4.78, 5) is 0. The molecule has 0 aliphatic rings. The molecule has 0 saturated heterocycles. The summed E-state index contributed by atoms with van der Waals surface area (Å²) in [6.07, 6.45) is 0. The molecule has 0 radical (unpaired) electrons. The monoisotopic (exact) mass is 561 g/mol. The summed E-state index contributed by atoms with van der Waals surface area (Å²) in [6, 6.07) is 6.27. The number of hydrogen-bond donors (Lipinski definition) is 0. The minimum atomic E-state index is -0.367. The molecule has 6 heteroatoms. The van der Waals surface area contributed by atoms with Gasteiger partial charge in [0, 0.05) is 0 Å². The van der Waals surface area contributed by atoms with Crippen LogP contribution in [0.1, 0.15) is 0 Å². The first kappa shape index (κ1) is 12.4. The molecule has 1 aromatic carbocycles. The topological polar surface area (TPSA) is 0 Å². The molecule has 0 heterocycles. The molecule has 72 valence electrons. The van der Waals surface area contributed by atoms with Gasteiger partial charge in [-0.15, -0.1) is 0 Å². The minimum absolute atomic E-state index is 0.331. The van der Waals surface area contributed by atoms with Crippen LogP contribution in [-0.2, 0) is 0 Å². The molecule has 0 atom stereocenters. The predicted molar refractivity (Wildman–Crippen MR) is 40.1 cm³/mol. The maximum absolute atomic E-state index is 5.88. The molecule has 0 fully saturated rings. The van der Waals surface area contributed by atoms with E-state index in [0.717, 1.165) is 0 Å². The Morgan fingerprint density at radius 1 is 0.833 bits per heavy atom. The second kappa shape index (κ2) is 6.71. The van der Waals surface area contributed by atoms with E-state index in [2.05, 4.69) is 18.2 Å². The van der Waals surface area contributed by atoms with E-state index in [-0.39, 0.29) is 60.2 Å². The molecule has 0 spiro atoms. The Kier molecular flexibility index (Phi) is 6.90. The molecule has 0 amide bonds. The Bertz CT molecular complexity index is 266. The van der Waals surface area contributed by atoms with Gasteiger partial charge in [-0.2, -0.15) is 0 Å². The second-order valence-electron chi connectivity index (χ2n) is 1.77. The van der Waals surface area contributed by atoms with Gasteiger partial charge < -0.3 is 0 Å². The van der Waals surface area contributed by atoms with Crippen molar-refractivity contribution in [1.29, 1.82) is 0 Å². The van der Waals surface area contributed by atoms with Crippen LogP contribution < -0.4 is 60.2 Å². The van der Waals surface area contributed by atoms with E-state index in [0.29, 0.717) is 0 Å². The SMILES string of the molecule is Cl[I-]c1ccc([I-]Cl)c([I-]Cl)c1. The Morgan fingerprint density at radius 3 is 2.00 bits per heavy atom. The van der Waals surface area contributed by atoms with E-state index < -0.39 is 0 Å². The van der Waals surface area contributed by atoms with E-state index in [1.54, 1.807) is 0 Å². The van der Waals surface area contributed by atoms with Crippen molar-refractivity contribution in [3.8, 4) is 0 Å². The van der Waals surface area contributed by atoms with Crippen molar-refractivity contribution in [2.75, 3.05) is 0 Å². The van der Waals surface area contributed by atoms with Crippen LogP contribution in [-0.4, -0.2) is 0 Å². The zero-order chi connectivity index (χ0) is 8.97. The Balaban J connectivity index is 3.02. The van der Waals surface area contributed by atoms with Gasteiger partial charge in [-0.25, -0.2) is 0 Å². The number of halogens is 6.